The van der Waals surface area contributed by atoms with E-state index in [1.807, 2.05) is 67.1 Å². The van der Waals surface area contributed by atoms with Gasteiger partial charge in [0.1, 0.15) is 5.58 Å². The number of hydrogen-bond acceptors (Lipinski definition) is 4. The van der Waals surface area contributed by atoms with E-state index in [1.165, 1.54) is 11.6 Å². The van der Waals surface area contributed by atoms with Crippen LogP contribution in [-0.4, -0.2) is 15.0 Å². The Morgan fingerprint density at radius 1 is 0.600 bits per heavy atom. The topological polar surface area (TPSA) is 51.8 Å². The normalized spacial score (nSPS) is 12.0. The number of aromatic nitrogens is 3. The van der Waals surface area contributed by atoms with Crippen LogP contribution in [0.5, 0.6) is 0 Å². The Morgan fingerprint density at radius 2 is 1.42 bits per heavy atom. The molecular formula is C45H31IrN3O-2. The van der Waals surface area contributed by atoms with Crippen molar-refractivity contribution < 1.29 is 28.6 Å². The summed E-state index contributed by atoms with van der Waals surface area (Å²) in [6.07, 6.45) is 7.09. The van der Waals surface area contributed by atoms with Gasteiger partial charge < -0.3 is 14.4 Å². The van der Waals surface area contributed by atoms with Crippen molar-refractivity contribution in [3.63, 3.8) is 0 Å². The molecule has 0 unspecified atom stereocenters. The van der Waals surface area contributed by atoms with E-state index >= 15 is 0 Å². The third-order valence-electron chi connectivity index (χ3n) is 8.62. The van der Waals surface area contributed by atoms with Crippen molar-refractivity contribution in [2.24, 2.45) is 0 Å². The van der Waals surface area contributed by atoms with E-state index in [9.17, 15) is 0 Å². The van der Waals surface area contributed by atoms with Gasteiger partial charge in [0, 0.05) is 65.3 Å². The molecule has 0 saturated carbocycles. The molecule has 4 heterocycles. The van der Waals surface area contributed by atoms with Crippen molar-refractivity contribution in [1.29, 1.82) is 0 Å². The maximum absolute atomic E-state index is 7.23. The average molecular weight is 825 g/mol. The van der Waals surface area contributed by atoms with Gasteiger partial charge in [-0.2, -0.15) is 0 Å². The van der Waals surface area contributed by atoms with Crippen molar-refractivity contribution in [2.75, 3.05) is 0 Å². The Kier molecular flexibility index (Phi) is 8.41. The third-order valence-corrected chi connectivity index (χ3v) is 8.62. The molecule has 5 aromatic carbocycles. The monoisotopic (exact) mass is 825 g/mol. The largest absolute Gasteiger partial charge is 0.500 e. The van der Waals surface area contributed by atoms with Gasteiger partial charge in [0.25, 0.3) is 0 Å². The molecule has 243 valence electrons. The summed E-state index contributed by atoms with van der Waals surface area (Å²) >= 11 is 0. The number of aryl methyl sites for hydroxylation is 2. The summed E-state index contributed by atoms with van der Waals surface area (Å²) in [5.41, 5.74) is 10.8. The molecule has 9 aromatic rings. The summed E-state index contributed by atoms with van der Waals surface area (Å²) in [5.74, 6) is 0. The smallest absolute Gasteiger partial charge is 0.128 e. The van der Waals surface area contributed by atoms with Crippen LogP contribution in [0.4, 0.5) is 0 Å². The van der Waals surface area contributed by atoms with Crippen molar-refractivity contribution in [3.05, 3.63) is 175 Å². The number of furan rings is 1. The van der Waals surface area contributed by atoms with Crippen molar-refractivity contribution >= 4 is 32.7 Å². The molecule has 5 heteroatoms. The molecule has 0 atom stereocenters. The zero-order valence-electron chi connectivity index (χ0n) is 30.0. The zero-order valence-corrected chi connectivity index (χ0v) is 29.4. The molecule has 0 saturated heterocycles. The summed E-state index contributed by atoms with van der Waals surface area (Å²) in [5, 5.41) is 4.46. The zero-order chi connectivity index (χ0) is 35.7. The van der Waals surface area contributed by atoms with Crippen LogP contribution in [0.3, 0.4) is 0 Å². The van der Waals surface area contributed by atoms with Gasteiger partial charge in [-0.3, -0.25) is 4.98 Å². The number of pyridine rings is 3. The molecule has 9 rings (SSSR count). The third kappa shape index (κ3) is 6.37. The van der Waals surface area contributed by atoms with Crippen LogP contribution in [0.1, 0.15) is 15.2 Å². The quantitative estimate of drug-likeness (QED) is 0.166. The first-order chi connectivity index (χ1) is 25.3. The molecule has 0 aliphatic carbocycles. The van der Waals surface area contributed by atoms with Crippen LogP contribution in [0.15, 0.2) is 157 Å². The fourth-order valence-corrected chi connectivity index (χ4v) is 6.23. The second-order valence-electron chi connectivity index (χ2n) is 11.7. The molecule has 50 heavy (non-hydrogen) atoms. The molecule has 0 amide bonds. The summed E-state index contributed by atoms with van der Waals surface area (Å²) in [6, 6.07) is 48.4. The minimum absolute atomic E-state index is 0. The van der Waals surface area contributed by atoms with Gasteiger partial charge in [-0.25, -0.2) is 0 Å². The van der Waals surface area contributed by atoms with Gasteiger partial charge in [-0.15, -0.1) is 54.1 Å². The minimum atomic E-state index is -2.09. The maximum Gasteiger partial charge on any atom is 0.128 e. The van der Waals surface area contributed by atoms with E-state index in [2.05, 4.69) is 94.7 Å². The predicted octanol–water partition coefficient (Wildman–Crippen LogP) is 11.5. The van der Waals surface area contributed by atoms with Crippen LogP contribution in [0.25, 0.3) is 77.5 Å². The molecule has 4 aromatic heterocycles. The van der Waals surface area contributed by atoms with Crippen molar-refractivity contribution in [1.82, 2.24) is 15.0 Å². The van der Waals surface area contributed by atoms with Crippen LogP contribution in [-0.2, 0) is 20.1 Å². The number of fused-ring (bicyclic) bond motifs is 4. The molecular weight excluding hydrogens is 791 g/mol. The predicted molar refractivity (Wildman–Crippen MR) is 200 cm³/mol. The van der Waals surface area contributed by atoms with Gasteiger partial charge in [-0.1, -0.05) is 95.9 Å². The average Bonchev–Trinajstić information content (AvgIpc) is 3.58. The molecule has 0 aliphatic heterocycles. The summed E-state index contributed by atoms with van der Waals surface area (Å²) in [6.45, 7) is 0.00545. The van der Waals surface area contributed by atoms with E-state index in [0.717, 1.165) is 77.7 Å². The molecule has 1 radical (unpaired) electrons. The van der Waals surface area contributed by atoms with E-state index in [4.69, 9.17) is 8.53 Å². The van der Waals surface area contributed by atoms with Gasteiger partial charge >= 0.3 is 0 Å². The van der Waals surface area contributed by atoms with Gasteiger partial charge in [0.15, 0.2) is 0 Å². The van der Waals surface area contributed by atoms with Crippen LogP contribution in [0, 0.1) is 25.9 Å². The van der Waals surface area contributed by atoms with Crippen LogP contribution >= 0.6 is 0 Å². The summed E-state index contributed by atoms with van der Waals surface area (Å²) in [4.78, 5) is 13.3. The number of rotatable bonds is 4. The van der Waals surface area contributed by atoms with Gasteiger partial charge in [0.2, 0.25) is 0 Å². The van der Waals surface area contributed by atoms with Gasteiger partial charge in [-0.05, 0) is 64.4 Å². The Morgan fingerprint density at radius 3 is 2.22 bits per heavy atom. The SMILES string of the molecule is Cc1cncc2c(-c3cccc4c3oc3c(-c5cc(-c6ccccc6)ccn5)[c-]ccc34)cccc12.[2H]C([2H])([2H])c1ccc(-c2[c-]cccc2)nc1.[Ir]. The Hall–Kier alpha value is -5.74. The molecule has 0 spiro atoms. The number of hydrogen-bond donors (Lipinski definition) is 0. The van der Waals surface area contributed by atoms with E-state index in [-0.39, 0.29) is 25.7 Å². The fraction of sp³-hybridized carbons (Fsp3) is 0.0444. The minimum Gasteiger partial charge on any atom is -0.500 e. The Balaban J connectivity index is 0.000000216. The molecule has 0 bridgehead atoms. The first-order valence-corrected chi connectivity index (χ1v) is 16.0. The van der Waals surface area contributed by atoms with Crippen LogP contribution < -0.4 is 0 Å². The van der Waals surface area contributed by atoms with Crippen LogP contribution in [0.2, 0.25) is 0 Å². The maximum atomic E-state index is 7.23. The van der Waals surface area contributed by atoms with Crippen molar-refractivity contribution in [3.8, 4) is 44.8 Å². The first-order valence-electron chi connectivity index (χ1n) is 17.5. The Labute approximate surface area is 309 Å². The van der Waals surface area contributed by atoms with Crippen molar-refractivity contribution in [2.45, 2.75) is 13.8 Å². The molecule has 0 aliphatic rings. The summed E-state index contributed by atoms with van der Waals surface area (Å²) < 4.78 is 28.4. The molecule has 0 N–H and O–H groups in total. The van der Waals surface area contributed by atoms with E-state index in [0.29, 0.717) is 0 Å². The second-order valence-corrected chi connectivity index (χ2v) is 11.7. The summed E-state index contributed by atoms with van der Waals surface area (Å²) in [7, 11) is 0. The molecule has 4 nitrogen and oxygen atoms in total. The second kappa shape index (κ2) is 14.4. The number of para-hydroxylation sites is 1. The number of nitrogens with zero attached hydrogens (tertiary/aromatic N) is 3. The Bertz CT molecular complexity index is 2680. The van der Waals surface area contributed by atoms with Gasteiger partial charge in [0.05, 0.1) is 5.58 Å². The number of benzene rings is 5. The van der Waals surface area contributed by atoms with E-state index in [1.54, 1.807) is 18.2 Å². The molecule has 0 fully saturated rings. The standard InChI is InChI=1S/C33H21N2O.C12H10N.Ir/c1-21-19-34-20-30-24(21)10-5-11-25(30)26-12-6-13-27-28-14-7-15-29(33(28)36-32(26)27)31-18-23(16-17-35-31)22-8-3-2-4-9-22;1-10-7-8-12(13-9-10)11-5-3-2-4-6-11;/h2-14,16-20H,1H3;2-5,7-9H,1H3;/q2*-1;/i;1D3;. The van der Waals surface area contributed by atoms with E-state index < -0.39 is 6.85 Å². The fourth-order valence-electron chi connectivity index (χ4n) is 6.23. The first kappa shape index (κ1) is 29.2.